The fraction of sp³-hybridized carbons (Fsp3) is 0.250. The predicted molar refractivity (Wildman–Crippen MR) is 101 cm³/mol. The summed E-state index contributed by atoms with van der Waals surface area (Å²) in [5, 5.41) is 8.79. The van der Waals surface area contributed by atoms with E-state index in [9.17, 15) is 4.79 Å². The van der Waals surface area contributed by atoms with Crippen LogP contribution in [0.3, 0.4) is 0 Å². The molecule has 0 aliphatic carbocycles. The number of rotatable bonds is 9. The van der Waals surface area contributed by atoms with Crippen molar-refractivity contribution >= 4 is 18.1 Å². The average Bonchev–Trinajstić information content (AvgIpc) is 2.69. The predicted octanol–water partition coefficient (Wildman–Crippen LogP) is 0.359. The monoisotopic (exact) mass is 397 g/mol. The third-order valence-electron chi connectivity index (χ3n) is 3.69. The van der Waals surface area contributed by atoms with E-state index < -0.39 is 12.6 Å². The van der Waals surface area contributed by atoms with Gasteiger partial charge in [0.1, 0.15) is 0 Å². The van der Waals surface area contributed by atoms with Gasteiger partial charge in [-0.2, -0.15) is 0 Å². The molecule has 8 heteroatoms. The Morgan fingerprint density at radius 1 is 0.821 bits per heavy atom. The van der Waals surface area contributed by atoms with Crippen LogP contribution in [0.5, 0.6) is 28.7 Å². The Hall–Kier alpha value is -2.35. The van der Waals surface area contributed by atoms with Gasteiger partial charge in [0.15, 0.2) is 29.6 Å². The van der Waals surface area contributed by atoms with E-state index in [4.69, 9.17) is 28.8 Å². The quantitative estimate of drug-likeness (QED) is 0.483. The molecule has 0 spiro atoms. The molecule has 0 aromatic heterocycles. The molecule has 0 saturated heterocycles. The van der Waals surface area contributed by atoms with E-state index in [0.717, 1.165) is 11.1 Å². The Kier molecular flexibility index (Phi) is 9.72. The van der Waals surface area contributed by atoms with Crippen LogP contribution in [-0.2, 0) is 4.79 Å². The molecule has 0 unspecified atom stereocenters. The minimum absolute atomic E-state index is 0. The van der Waals surface area contributed by atoms with E-state index >= 15 is 0 Å². The second kappa shape index (κ2) is 11.5. The fourth-order valence-electron chi connectivity index (χ4n) is 2.44. The molecule has 144 valence electrons. The van der Waals surface area contributed by atoms with Crippen molar-refractivity contribution in [2.24, 2.45) is 0 Å². The number of carboxylic acid groups (broad SMARTS) is 1. The first-order valence-electron chi connectivity index (χ1n) is 8.03. The van der Waals surface area contributed by atoms with Crippen LogP contribution < -0.4 is 53.2 Å². The van der Waals surface area contributed by atoms with Gasteiger partial charge in [-0.3, -0.25) is 0 Å². The average molecular weight is 397 g/mol. The van der Waals surface area contributed by atoms with Crippen LogP contribution in [0, 0.1) is 0 Å². The Bertz CT molecular complexity index is 808. The second-order valence-corrected chi connectivity index (χ2v) is 5.38. The largest absolute Gasteiger partial charge is 1.00 e. The van der Waals surface area contributed by atoms with Crippen molar-refractivity contribution in [3.8, 4) is 28.7 Å². The maximum absolute atomic E-state index is 10.7. The van der Waals surface area contributed by atoms with E-state index in [1.54, 1.807) is 33.5 Å². The molecular weight excluding hydrogens is 375 g/mol. The first-order valence-corrected chi connectivity index (χ1v) is 8.03. The molecule has 7 nitrogen and oxygen atoms in total. The first kappa shape index (κ1) is 23.7. The van der Waals surface area contributed by atoms with Gasteiger partial charge in [-0.1, -0.05) is 18.2 Å². The smallest absolute Gasteiger partial charge is 0.493 e. The zero-order chi connectivity index (χ0) is 19.8. The third kappa shape index (κ3) is 6.09. The SMILES string of the molecule is COc1ccc(/C=C\c2cc(OC)c(OC)c(OC)c2)cc1OCC(=O)O.[Na+]. The van der Waals surface area contributed by atoms with Crippen LogP contribution in [-0.4, -0.2) is 46.1 Å². The van der Waals surface area contributed by atoms with Gasteiger partial charge in [0.25, 0.3) is 0 Å². The molecule has 0 amide bonds. The van der Waals surface area contributed by atoms with Crippen molar-refractivity contribution in [1.29, 1.82) is 0 Å². The standard InChI is InChI=1S/C20H22O7.Na/c1-23-15-8-7-13(9-16(15)27-12-19(21)22)5-6-14-10-17(24-2)20(26-4)18(11-14)25-3;/h5-11H,12H2,1-4H3,(H,21,22);/q;+1/b6-5-;. The van der Waals surface area contributed by atoms with E-state index in [1.165, 1.54) is 7.11 Å². The number of hydrogen-bond donors (Lipinski definition) is 1. The Morgan fingerprint density at radius 3 is 1.86 bits per heavy atom. The summed E-state index contributed by atoms with van der Waals surface area (Å²) in [6.07, 6.45) is 3.72. The van der Waals surface area contributed by atoms with Gasteiger partial charge in [-0.25, -0.2) is 4.79 Å². The van der Waals surface area contributed by atoms with Crippen LogP contribution >= 0.6 is 0 Å². The molecule has 0 fully saturated rings. The number of carboxylic acids is 1. The number of carbonyl (C=O) groups is 1. The summed E-state index contributed by atoms with van der Waals surface area (Å²) in [6.45, 7) is -0.448. The molecule has 0 saturated carbocycles. The third-order valence-corrected chi connectivity index (χ3v) is 3.69. The number of aliphatic carboxylic acids is 1. The second-order valence-electron chi connectivity index (χ2n) is 5.38. The molecule has 0 aliphatic rings. The van der Waals surface area contributed by atoms with Gasteiger partial charge in [0, 0.05) is 0 Å². The maximum Gasteiger partial charge on any atom is 1.00 e. The molecule has 1 N–H and O–H groups in total. The summed E-state index contributed by atoms with van der Waals surface area (Å²) in [4.78, 5) is 10.7. The van der Waals surface area contributed by atoms with Gasteiger partial charge >= 0.3 is 35.5 Å². The fourth-order valence-corrected chi connectivity index (χ4v) is 2.44. The number of ether oxygens (including phenoxy) is 5. The molecule has 2 aromatic rings. The summed E-state index contributed by atoms with van der Waals surface area (Å²) in [7, 11) is 6.15. The summed E-state index contributed by atoms with van der Waals surface area (Å²) in [5.41, 5.74) is 1.65. The van der Waals surface area contributed by atoms with Crippen molar-refractivity contribution in [3.05, 3.63) is 41.5 Å². The molecular formula is C20H22NaO7+. The molecule has 0 heterocycles. The summed E-state index contributed by atoms with van der Waals surface area (Å²) in [6, 6.07) is 8.90. The van der Waals surface area contributed by atoms with Gasteiger partial charge in [-0.05, 0) is 35.4 Å². The van der Waals surface area contributed by atoms with Crippen molar-refractivity contribution < 1.29 is 63.1 Å². The molecule has 0 aliphatic heterocycles. The molecule has 2 aromatic carbocycles. The molecule has 0 radical (unpaired) electrons. The van der Waals surface area contributed by atoms with Crippen LogP contribution in [0.2, 0.25) is 0 Å². The molecule has 0 atom stereocenters. The van der Waals surface area contributed by atoms with Crippen molar-refractivity contribution in [2.75, 3.05) is 35.0 Å². The van der Waals surface area contributed by atoms with Gasteiger partial charge in [0.2, 0.25) is 5.75 Å². The van der Waals surface area contributed by atoms with E-state index in [1.807, 2.05) is 30.4 Å². The van der Waals surface area contributed by atoms with E-state index in [-0.39, 0.29) is 29.6 Å². The summed E-state index contributed by atoms with van der Waals surface area (Å²) >= 11 is 0. The minimum atomic E-state index is -1.06. The summed E-state index contributed by atoms with van der Waals surface area (Å²) < 4.78 is 26.5. The zero-order valence-electron chi connectivity index (χ0n) is 16.6. The number of benzene rings is 2. The van der Waals surface area contributed by atoms with Crippen LogP contribution in [0.25, 0.3) is 12.2 Å². The van der Waals surface area contributed by atoms with Crippen LogP contribution in [0.15, 0.2) is 30.3 Å². The van der Waals surface area contributed by atoms with Crippen LogP contribution in [0.4, 0.5) is 0 Å². The van der Waals surface area contributed by atoms with E-state index in [0.29, 0.717) is 28.7 Å². The normalized spacial score (nSPS) is 10.1. The topological polar surface area (TPSA) is 83.5 Å². The Balaban J connectivity index is 0.00000392. The number of methoxy groups -OCH3 is 4. The summed E-state index contributed by atoms with van der Waals surface area (Å²) in [5.74, 6) is 1.38. The molecule has 0 bridgehead atoms. The maximum atomic E-state index is 10.7. The van der Waals surface area contributed by atoms with Crippen molar-refractivity contribution in [2.45, 2.75) is 0 Å². The Labute approximate surface area is 186 Å². The van der Waals surface area contributed by atoms with Crippen molar-refractivity contribution in [3.63, 3.8) is 0 Å². The molecule has 2 rings (SSSR count). The van der Waals surface area contributed by atoms with Gasteiger partial charge < -0.3 is 28.8 Å². The van der Waals surface area contributed by atoms with Crippen molar-refractivity contribution in [1.82, 2.24) is 0 Å². The molecule has 28 heavy (non-hydrogen) atoms. The minimum Gasteiger partial charge on any atom is -0.493 e. The van der Waals surface area contributed by atoms with E-state index in [2.05, 4.69) is 0 Å². The first-order chi connectivity index (χ1) is 13.0. The zero-order valence-corrected chi connectivity index (χ0v) is 18.6. The van der Waals surface area contributed by atoms with Gasteiger partial charge in [0.05, 0.1) is 28.4 Å². The Morgan fingerprint density at radius 2 is 1.36 bits per heavy atom. The van der Waals surface area contributed by atoms with Crippen LogP contribution in [0.1, 0.15) is 11.1 Å². The van der Waals surface area contributed by atoms with Gasteiger partial charge in [-0.15, -0.1) is 0 Å². The number of hydrogen-bond acceptors (Lipinski definition) is 6.